The number of unbranched alkanes of at least 4 members (excludes halogenated alkanes) is 2. The second-order valence-corrected chi connectivity index (χ2v) is 6.91. The smallest absolute Gasteiger partial charge is 0.119 e. The summed E-state index contributed by atoms with van der Waals surface area (Å²) in [7, 11) is 0. The Labute approximate surface area is 123 Å². The Morgan fingerprint density at radius 1 is 1.05 bits per heavy atom. The largest absolute Gasteiger partial charge is 0.494 e. The summed E-state index contributed by atoms with van der Waals surface area (Å²) in [6.45, 7) is 8.71. The molecule has 20 heavy (non-hydrogen) atoms. The normalized spacial score (nSPS) is 15.3. The maximum absolute atomic E-state index is 5.79. The highest BCUT2D eigenvalue weighted by Gasteiger charge is 2.19. The molecule has 0 saturated heterocycles. The number of rotatable bonds is 8. The summed E-state index contributed by atoms with van der Waals surface area (Å²) in [5.41, 5.74) is 1.57. The molecule has 1 saturated carbocycles. The van der Waals surface area contributed by atoms with Crippen LogP contribution in [0.5, 0.6) is 5.75 Å². The average Bonchev–Trinajstić information content (AvgIpc) is 3.21. The molecule has 0 heterocycles. The summed E-state index contributed by atoms with van der Waals surface area (Å²) in [5.74, 6) is 0.995. The highest BCUT2D eigenvalue weighted by molar-refractivity contribution is 5.31. The predicted octanol–water partition coefficient (Wildman–Crippen LogP) is 4.29. The van der Waals surface area contributed by atoms with Crippen LogP contribution >= 0.6 is 0 Å². The van der Waals surface area contributed by atoms with E-state index in [1.807, 2.05) is 0 Å². The molecule has 2 heteroatoms. The van der Waals surface area contributed by atoms with E-state index in [0.717, 1.165) is 24.8 Å². The maximum atomic E-state index is 5.79. The highest BCUT2D eigenvalue weighted by Crippen LogP contribution is 2.24. The minimum atomic E-state index is 0.215. The summed E-state index contributed by atoms with van der Waals surface area (Å²) >= 11 is 0. The molecular formula is C18H29NO. The van der Waals surface area contributed by atoms with Gasteiger partial charge in [0.2, 0.25) is 0 Å². The van der Waals surface area contributed by atoms with Crippen molar-refractivity contribution in [2.45, 2.75) is 64.3 Å². The molecule has 1 aromatic rings. The zero-order chi connectivity index (χ0) is 14.4. The molecule has 0 aliphatic heterocycles. The molecule has 2 nitrogen and oxygen atoms in total. The zero-order valence-corrected chi connectivity index (χ0v) is 13.2. The lowest BCUT2D eigenvalue weighted by Crippen LogP contribution is -2.17. The summed E-state index contributed by atoms with van der Waals surface area (Å²) in [6.07, 6.45) is 6.43. The first kappa shape index (κ1) is 15.4. The molecule has 1 aromatic carbocycles. The molecule has 0 amide bonds. The third kappa shape index (κ3) is 5.54. The molecule has 0 aromatic heterocycles. The van der Waals surface area contributed by atoms with Crippen molar-refractivity contribution < 1.29 is 4.74 Å². The molecule has 1 aliphatic carbocycles. The molecule has 0 unspecified atom stereocenters. The van der Waals surface area contributed by atoms with E-state index in [9.17, 15) is 0 Å². The lowest BCUT2D eigenvalue weighted by molar-refractivity contribution is 0.304. The SMILES string of the molecule is CC(C)(C)c1ccc(OCCCCCNC2CC2)cc1. The van der Waals surface area contributed by atoms with Gasteiger partial charge in [-0.2, -0.15) is 0 Å². The average molecular weight is 275 g/mol. The van der Waals surface area contributed by atoms with Crippen molar-refractivity contribution >= 4 is 0 Å². The molecule has 112 valence electrons. The van der Waals surface area contributed by atoms with Crippen LogP contribution in [0.3, 0.4) is 0 Å². The van der Waals surface area contributed by atoms with Crippen molar-refractivity contribution in [3.8, 4) is 5.75 Å². The molecule has 0 bridgehead atoms. The van der Waals surface area contributed by atoms with Gasteiger partial charge in [-0.05, 0) is 61.8 Å². The van der Waals surface area contributed by atoms with Gasteiger partial charge in [0.1, 0.15) is 5.75 Å². The fourth-order valence-electron chi connectivity index (χ4n) is 2.24. The first-order valence-corrected chi connectivity index (χ1v) is 8.02. The molecule has 2 rings (SSSR count). The van der Waals surface area contributed by atoms with Gasteiger partial charge >= 0.3 is 0 Å². The van der Waals surface area contributed by atoms with Gasteiger partial charge in [0.15, 0.2) is 0 Å². The fourth-order valence-corrected chi connectivity index (χ4v) is 2.24. The fraction of sp³-hybridized carbons (Fsp3) is 0.667. The van der Waals surface area contributed by atoms with Crippen LogP contribution in [-0.2, 0) is 5.41 Å². The molecule has 0 radical (unpaired) electrons. The molecule has 1 N–H and O–H groups in total. The Morgan fingerprint density at radius 3 is 2.35 bits per heavy atom. The van der Waals surface area contributed by atoms with Crippen LogP contribution in [0.2, 0.25) is 0 Å². The number of hydrogen-bond donors (Lipinski definition) is 1. The van der Waals surface area contributed by atoms with E-state index in [1.165, 1.54) is 37.8 Å². The van der Waals surface area contributed by atoms with Crippen LogP contribution in [0, 0.1) is 0 Å². The van der Waals surface area contributed by atoms with Crippen LogP contribution < -0.4 is 10.1 Å². The molecular weight excluding hydrogens is 246 g/mol. The van der Waals surface area contributed by atoms with Gasteiger partial charge in [-0.3, -0.25) is 0 Å². The Kier molecular flexibility index (Phi) is 5.47. The quantitative estimate of drug-likeness (QED) is 0.715. The van der Waals surface area contributed by atoms with Gasteiger partial charge < -0.3 is 10.1 Å². The second-order valence-electron chi connectivity index (χ2n) is 6.91. The maximum Gasteiger partial charge on any atom is 0.119 e. The lowest BCUT2D eigenvalue weighted by Gasteiger charge is -2.19. The van der Waals surface area contributed by atoms with E-state index in [0.29, 0.717) is 0 Å². The van der Waals surface area contributed by atoms with E-state index >= 15 is 0 Å². The van der Waals surface area contributed by atoms with Gasteiger partial charge in [-0.25, -0.2) is 0 Å². The molecule has 0 spiro atoms. The number of hydrogen-bond acceptors (Lipinski definition) is 2. The van der Waals surface area contributed by atoms with Gasteiger partial charge in [0, 0.05) is 6.04 Å². The molecule has 1 fully saturated rings. The Hall–Kier alpha value is -1.02. The van der Waals surface area contributed by atoms with Crippen LogP contribution in [-0.4, -0.2) is 19.2 Å². The molecule has 0 atom stereocenters. The van der Waals surface area contributed by atoms with Crippen LogP contribution in [0.15, 0.2) is 24.3 Å². The second kappa shape index (κ2) is 7.12. The molecule has 1 aliphatic rings. The monoisotopic (exact) mass is 275 g/mol. The summed E-state index contributed by atoms with van der Waals surface area (Å²) < 4.78 is 5.79. The Morgan fingerprint density at radius 2 is 1.75 bits per heavy atom. The number of ether oxygens (including phenoxy) is 1. The van der Waals surface area contributed by atoms with Crippen LogP contribution in [0.25, 0.3) is 0 Å². The summed E-state index contributed by atoms with van der Waals surface area (Å²) in [4.78, 5) is 0. The van der Waals surface area contributed by atoms with Crippen molar-refractivity contribution in [1.29, 1.82) is 0 Å². The predicted molar refractivity (Wildman–Crippen MR) is 85.5 cm³/mol. The first-order valence-electron chi connectivity index (χ1n) is 8.02. The Bertz CT molecular complexity index is 387. The Balaban J connectivity index is 1.56. The van der Waals surface area contributed by atoms with Crippen molar-refractivity contribution in [3.63, 3.8) is 0 Å². The van der Waals surface area contributed by atoms with Gasteiger partial charge in [0.25, 0.3) is 0 Å². The van der Waals surface area contributed by atoms with Crippen molar-refractivity contribution in [3.05, 3.63) is 29.8 Å². The van der Waals surface area contributed by atoms with Crippen molar-refractivity contribution in [2.75, 3.05) is 13.2 Å². The topological polar surface area (TPSA) is 21.3 Å². The lowest BCUT2D eigenvalue weighted by atomic mass is 9.87. The minimum absolute atomic E-state index is 0.215. The number of nitrogens with one attached hydrogen (secondary N) is 1. The highest BCUT2D eigenvalue weighted by atomic mass is 16.5. The van der Waals surface area contributed by atoms with Crippen LogP contribution in [0.4, 0.5) is 0 Å². The van der Waals surface area contributed by atoms with Gasteiger partial charge in [-0.1, -0.05) is 32.9 Å². The van der Waals surface area contributed by atoms with Crippen molar-refractivity contribution in [1.82, 2.24) is 5.32 Å². The van der Waals surface area contributed by atoms with E-state index < -0.39 is 0 Å². The minimum Gasteiger partial charge on any atom is -0.494 e. The summed E-state index contributed by atoms with van der Waals surface area (Å²) in [6, 6.07) is 9.38. The zero-order valence-electron chi connectivity index (χ0n) is 13.2. The van der Waals surface area contributed by atoms with Crippen molar-refractivity contribution in [2.24, 2.45) is 0 Å². The van der Waals surface area contributed by atoms with Gasteiger partial charge in [0.05, 0.1) is 6.61 Å². The van der Waals surface area contributed by atoms with E-state index in [4.69, 9.17) is 4.74 Å². The third-order valence-electron chi connectivity index (χ3n) is 3.82. The van der Waals surface area contributed by atoms with E-state index in [2.05, 4.69) is 50.4 Å². The standard InChI is InChI=1S/C18H29NO/c1-18(2,3)15-7-11-17(12-8-15)20-14-6-4-5-13-19-16-9-10-16/h7-8,11-12,16,19H,4-6,9-10,13-14H2,1-3H3. The van der Waals surface area contributed by atoms with Crippen LogP contribution in [0.1, 0.15) is 58.4 Å². The number of benzene rings is 1. The van der Waals surface area contributed by atoms with E-state index in [-0.39, 0.29) is 5.41 Å². The van der Waals surface area contributed by atoms with Gasteiger partial charge in [-0.15, -0.1) is 0 Å². The first-order chi connectivity index (χ1) is 9.55. The van der Waals surface area contributed by atoms with E-state index in [1.54, 1.807) is 0 Å². The third-order valence-corrected chi connectivity index (χ3v) is 3.82. The summed E-state index contributed by atoms with van der Waals surface area (Å²) in [5, 5.41) is 3.54.